The van der Waals surface area contributed by atoms with Gasteiger partial charge in [-0.15, -0.1) is 10.2 Å². The zero-order valence-electron chi connectivity index (χ0n) is 6.41. The van der Waals surface area contributed by atoms with Crippen molar-refractivity contribution in [3.63, 3.8) is 0 Å². The molecule has 11 heavy (non-hydrogen) atoms. The van der Waals surface area contributed by atoms with Gasteiger partial charge in [0.25, 0.3) is 0 Å². The lowest BCUT2D eigenvalue weighted by Gasteiger charge is -2.06. The summed E-state index contributed by atoms with van der Waals surface area (Å²) in [7, 11) is 1.96. The minimum Gasteiger partial charge on any atom is -0.483 e. The molecule has 0 saturated carbocycles. The van der Waals surface area contributed by atoms with Crippen LogP contribution >= 0.6 is 22.6 Å². The van der Waals surface area contributed by atoms with Gasteiger partial charge in [-0.05, 0) is 35.6 Å². The molecule has 0 aliphatic heterocycles. The van der Waals surface area contributed by atoms with E-state index in [0.29, 0.717) is 5.88 Å². The van der Waals surface area contributed by atoms with Gasteiger partial charge in [-0.25, -0.2) is 0 Å². The highest BCUT2D eigenvalue weighted by Gasteiger charge is 1.98. The molecule has 0 radical (unpaired) electrons. The highest BCUT2D eigenvalue weighted by Crippen LogP contribution is 2.06. The van der Waals surface area contributed by atoms with E-state index in [2.05, 4.69) is 32.8 Å². The molecule has 3 nitrogen and oxygen atoms in total. The summed E-state index contributed by atoms with van der Waals surface area (Å²) in [6, 6.07) is 3.84. The maximum Gasteiger partial charge on any atom is 0.232 e. The van der Waals surface area contributed by atoms with Gasteiger partial charge in [-0.3, -0.25) is 0 Å². The van der Waals surface area contributed by atoms with Gasteiger partial charge in [0.05, 0.1) is 6.00 Å². The second-order valence-electron chi connectivity index (χ2n) is 2.36. The summed E-state index contributed by atoms with van der Waals surface area (Å²) >= 11 is 2.10. The molecule has 1 aromatic heterocycles. The third-order valence-electron chi connectivity index (χ3n) is 0.964. The number of hydrogen-bond acceptors (Lipinski definition) is 3. The largest absolute Gasteiger partial charge is 0.483 e. The van der Waals surface area contributed by atoms with Gasteiger partial charge in [-0.2, -0.15) is 0 Å². The summed E-state index contributed by atoms with van der Waals surface area (Å²) in [5, 5.41) is 7.68. The van der Waals surface area contributed by atoms with E-state index in [1.165, 1.54) is 0 Å². The molecule has 0 amide bonds. The number of rotatable bonds is 2. The molecule has 0 aliphatic carbocycles. The predicted molar refractivity (Wildman–Crippen MR) is 53.4 cm³/mol. The fourth-order valence-electron chi connectivity index (χ4n) is 0.608. The van der Waals surface area contributed by atoms with Crippen molar-refractivity contribution in [2.24, 2.45) is 0 Å². The van der Waals surface area contributed by atoms with Crippen LogP contribution in [-0.4, -0.2) is 24.0 Å². The molecule has 1 atom stereocenters. The molecule has 1 aromatic rings. The molecular weight excluding hydrogens is 254 g/mol. The normalized spacial score (nSPS) is 12.5. The minimum absolute atomic E-state index is 0.157. The Balaban J connectivity index is 2.66. The van der Waals surface area contributed by atoms with Crippen LogP contribution in [0.25, 0.3) is 0 Å². The Morgan fingerprint density at radius 2 is 2.27 bits per heavy atom. The van der Waals surface area contributed by atoms with Crippen molar-refractivity contribution in [1.82, 2.24) is 10.2 Å². The van der Waals surface area contributed by atoms with E-state index in [0.717, 1.165) is 3.70 Å². The Hall–Kier alpha value is -0.325. The molecular formula is C6H8BIN2O. The zero-order valence-corrected chi connectivity index (χ0v) is 8.57. The number of hydrogen-bond donors (Lipinski definition) is 0. The lowest BCUT2D eigenvalue weighted by molar-refractivity contribution is 0.285. The number of halogens is 1. The molecule has 5 heteroatoms. The van der Waals surface area contributed by atoms with Crippen LogP contribution in [0.2, 0.25) is 0 Å². The monoisotopic (exact) mass is 262 g/mol. The van der Waals surface area contributed by atoms with Crippen LogP contribution in [0.4, 0.5) is 0 Å². The standard InChI is InChI=1S/C6H8BIN2O/c1-4(7)11-6-3-2-5(8)9-10-6/h2-4H,7H2,1H3. The van der Waals surface area contributed by atoms with Crippen LogP contribution in [0, 0.1) is 3.70 Å². The first-order chi connectivity index (χ1) is 5.18. The summed E-state index contributed by atoms with van der Waals surface area (Å²) in [5.74, 6) is 0.584. The number of aromatic nitrogens is 2. The summed E-state index contributed by atoms with van der Waals surface area (Å²) in [4.78, 5) is 0. The van der Waals surface area contributed by atoms with E-state index in [1.54, 1.807) is 0 Å². The molecule has 0 spiro atoms. The summed E-state index contributed by atoms with van der Waals surface area (Å²) in [5.41, 5.74) is 0. The Morgan fingerprint density at radius 1 is 1.55 bits per heavy atom. The maximum absolute atomic E-state index is 5.29. The first-order valence-corrected chi connectivity index (χ1v) is 4.42. The summed E-state index contributed by atoms with van der Waals surface area (Å²) in [6.45, 7) is 1.96. The molecule has 1 heterocycles. The third kappa shape index (κ3) is 3.05. The maximum atomic E-state index is 5.29. The quantitative estimate of drug-likeness (QED) is 0.573. The molecule has 1 unspecified atom stereocenters. The van der Waals surface area contributed by atoms with Crippen LogP contribution < -0.4 is 4.74 Å². The molecule has 0 aromatic carbocycles. The van der Waals surface area contributed by atoms with Gasteiger partial charge in [0.15, 0.2) is 7.85 Å². The van der Waals surface area contributed by atoms with Crippen molar-refractivity contribution in [1.29, 1.82) is 0 Å². The van der Waals surface area contributed by atoms with Crippen LogP contribution in [-0.2, 0) is 0 Å². The third-order valence-corrected chi connectivity index (χ3v) is 1.54. The Labute approximate surface area is 80.1 Å². The first-order valence-electron chi connectivity index (χ1n) is 3.34. The molecule has 58 valence electrons. The Bertz CT molecular complexity index is 227. The fraction of sp³-hybridized carbons (Fsp3) is 0.333. The number of nitrogens with zero attached hydrogens (tertiary/aromatic N) is 2. The van der Waals surface area contributed by atoms with E-state index in [9.17, 15) is 0 Å². The topological polar surface area (TPSA) is 35.0 Å². The highest BCUT2D eigenvalue weighted by molar-refractivity contribution is 14.1. The van der Waals surface area contributed by atoms with E-state index < -0.39 is 0 Å². The van der Waals surface area contributed by atoms with E-state index in [1.807, 2.05) is 26.9 Å². The van der Waals surface area contributed by atoms with Crippen molar-refractivity contribution in [3.8, 4) is 5.88 Å². The van der Waals surface area contributed by atoms with Crippen LogP contribution in [0.1, 0.15) is 6.92 Å². The van der Waals surface area contributed by atoms with Crippen molar-refractivity contribution in [2.75, 3.05) is 0 Å². The predicted octanol–water partition coefficient (Wildman–Crippen LogP) is 0.439. The highest BCUT2D eigenvalue weighted by atomic mass is 127. The second-order valence-corrected chi connectivity index (χ2v) is 3.47. The van der Waals surface area contributed by atoms with Gasteiger partial charge < -0.3 is 4.74 Å². The molecule has 0 saturated heterocycles. The van der Waals surface area contributed by atoms with Crippen LogP contribution in [0.5, 0.6) is 5.88 Å². The molecule has 0 aliphatic rings. The van der Waals surface area contributed by atoms with Crippen LogP contribution in [0.15, 0.2) is 12.1 Å². The van der Waals surface area contributed by atoms with Crippen molar-refractivity contribution in [3.05, 3.63) is 15.8 Å². The van der Waals surface area contributed by atoms with Gasteiger partial charge in [0, 0.05) is 6.07 Å². The van der Waals surface area contributed by atoms with Gasteiger partial charge in [-0.1, -0.05) is 0 Å². The second kappa shape index (κ2) is 3.89. The van der Waals surface area contributed by atoms with Crippen molar-refractivity contribution in [2.45, 2.75) is 12.9 Å². The summed E-state index contributed by atoms with van der Waals surface area (Å²) in [6.07, 6.45) is 0. The Kier molecular flexibility index (Phi) is 3.10. The Morgan fingerprint density at radius 3 is 2.73 bits per heavy atom. The van der Waals surface area contributed by atoms with Crippen LogP contribution in [0.3, 0.4) is 0 Å². The van der Waals surface area contributed by atoms with E-state index >= 15 is 0 Å². The average Bonchev–Trinajstić information content (AvgIpc) is 1.93. The van der Waals surface area contributed by atoms with Crippen molar-refractivity contribution < 1.29 is 4.74 Å². The molecule has 0 fully saturated rings. The molecule has 0 bridgehead atoms. The van der Waals surface area contributed by atoms with Gasteiger partial charge >= 0.3 is 0 Å². The minimum atomic E-state index is 0.157. The average molecular weight is 262 g/mol. The fourth-order valence-corrected chi connectivity index (χ4v) is 0.896. The SMILES string of the molecule is BC(C)Oc1ccc(I)nn1. The molecule has 0 N–H and O–H groups in total. The number of ether oxygens (including phenoxy) is 1. The van der Waals surface area contributed by atoms with E-state index in [4.69, 9.17) is 4.74 Å². The first kappa shape index (κ1) is 8.77. The van der Waals surface area contributed by atoms with Crippen molar-refractivity contribution >= 4 is 30.4 Å². The molecule has 1 rings (SSSR count). The summed E-state index contributed by atoms with van der Waals surface area (Å²) < 4.78 is 6.17. The smallest absolute Gasteiger partial charge is 0.232 e. The van der Waals surface area contributed by atoms with E-state index in [-0.39, 0.29) is 6.00 Å². The lowest BCUT2D eigenvalue weighted by atomic mass is 10.0. The lowest BCUT2D eigenvalue weighted by Crippen LogP contribution is -2.11. The van der Waals surface area contributed by atoms with Gasteiger partial charge in [0.2, 0.25) is 5.88 Å². The van der Waals surface area contributed by atoms with Gasteiger partial charge in [0.1, 0.15) is 3.70 Å². The zero-order chi connectivity index (χ0) is 8.27.